The van der Waals surface area contributed by atoms with E-state index in [9.17, 15) is 4.79 Å². The van der Waals surface area contributed by atoms with E-state index in [2.05, 4.69) is 20.4 Å². The highest BCUT2D eigenvalue weighted by Gasteiger charge is 2.10. The predicted molar refractivity (Wildman–Crippen MR) is 67.2 cm³/mol. The van der Waals surface area contributed by atoms with E-state index in [-0.39, 0.29) is 5.91 Å². The number of aromatic amines is 1. The Labute approximate surface area is 106 Å². The highest BCUT2D eigenvalue weighted by atomic mass is 16.5. The molecule has 0 unspecified atom stereocenters. The van der Waals surface area contributed by atoms with Gasteiger partial charge in [0.25, 0.3) is 5.91 Å². The van der Waals surface area contributed by atoms with E-state index in [0.29, 0.717) is 18.1 Å². The zero-order valence-corrected chi connectivity index (χ0v) is 10.3. The number of aromatic nitrogens is 2. The standard InChI is InChI=1S/C11H19N5O2/c12-10-8-9(14-15-10)11(17)13-2-1-3-16-4-6-18-7-5-16/h8H,1-7H2,(H,13,17)(H3,12,14,15). The Balaban J connectivity index is 1.61. The van der Waals surface area contributed by atoms with Crippen LogP contribution < -0.4 is 11.1 Å². The number of rotatable bonds is 5. The molecule has 1 fully saturated rings. The van der Waals surface area contributed by atoms with Crippen LogP contribution in [0.25, 0.3) is 0 Å². The molecule has 0 spiro atoms. The normalized spacial score (nSPS) is 16.7. The van der Waals surface area contributed by atoms with E-state index in [0.717, 1.165) is 39.3 Å². The van der Waals surface area contributed by atoms with Gasteiger partial charge in [-0.05, 0) is 13.0 Å². The number of morpholine rings is 1. The lowest BCUT2D eigenvalue weighted by atomic mass is 10.3. The average Bonchev–Trinajstić information content (AvgIpc) is 2.82. The van der Waals surface area contributed by atoms with E-state index < -0.39 is 0 Å². The molecule has 0 radical (unpaired) electrons. The minimum absolute atomic E-state index is 0.166. The molecule has 1 aliphatic rings. The van der Waals surface area contributed by atoms with Gasteiger partial charge in [-0.2, -0.15) is 5.10 Å². The average molecular weight is 253 g/mol. The van der Waals surface area contributed by atoms with Crippen LogP contribution in [0.1, 0.15) is 16.9 Å². The van der Waals surface area contributed by atoms with Crippen LogP contribution in [0, 0.1) is 0 Å². The van der Waals surface area contributed by atoms with E-state index in [1.54, 1.807) is 0 Å². The molecule has 4 N–H and O–H groups in total. The van der Waals surface area contributed by atoms with E-state index in [1.807, 2.05) is 0 Å². The summed E-state index contributed by atoms with van der Waals surface area (Å²) in [6, 6.07) is 1.53. The summed E-state index contributed by atoms with van der Waals surface area (Å²) in [4.78, 5) is 14.0. The van der Waals surface area contributed by atoms with Crippen molar-refractivity contribution in [2.75, 3.05) is 45.1 Å². The number of anilines is 1. The van der Waals surface area contributed by atoms with E-state index in [4.69, 9.17) is 10.5 Å². The number of carbonyl (C=O) groups is 1. The van der Waals surface area contributed by atoms with Gasteiger partial charge in [-0.3, -0.25) is 14.8 Å². The van der Waals surface area contributed by atoms with Gasteiger partial charge in [-0.1, -0.05) is 0 Å². The van der Waals surface area contributed by atoms with Gasteiger partial charge in [0.05, 0.1) is 13.2 Å². The molecule has 2 heterocycles. The summed E-state index contributed by atoms with van der Waals surface area (Å²) in [5, 5.41) is 9.12. The number of nitrogens with two attached hydrogens (primary N) is 1. The molecular formula is C11H19N5O2. The Morgan fingerprint density at radius 2 is 2.33 bits per heavy atom. The third-order valence-corrected chi connectivity index (χ3v) is 2.88. The molecule has 1 aromatic rings. The molecule has 7 nitrogen and oxygen atoms in total. The number of hydrogen-bond donors (Lipinski definition) is 3. The molecule has 2 rings (SSSR count). The summed E-state index contributed by atoms with van der Waals surface area (Å²) in [5.74, 6) is 0.162. The fourth-order valence-electron chi connectivity index (χ4n) is 1.88. The number of nitrogen functional groups attached to an aromatic ring is 1. The number of hydrogen-bond acceptors (Lipinski definition) is 5. The second-order valence-electron chi connectivity index (χ2n) is 4.27. The second kappa shape index (κ2) is 6.36. The van der Waals surface area contributed by atoms with Gasteiger partial charge in [0.2, 0.25) is 0 Å². The molecule has 100 valence electrons. The van der Waals surface area contributed by atoms with Crippen LogP contribution in [0.2, 0.25) is 0 Å². The summed E-state index contributed by atoms with van der Waals surface area (Å²) in [6.45, 7) is 5.19. The number of H-pyrrole nitrogens is 1. The quantitative estimate of drug-likeness (QED) is 0.611. The van der Waals surface area contributed by atoms with Crippen molar-refractivity contribution in [1.82, 2.24) is 20.4 Å². The van der Waals surface area contributed by atoms with E-state index >= 15 is 0 Å². The third-order valence-electron chi connectivity index (χ3n) is 2.88. The lowest BCUT2D eigenvalue weighted by Gasteiger charge is -2.26. The van der Waals surface area contributed by atoms with Crippen molar-refractivity contribution in [3.63, 3.8) is 0 Å². The van der Waals surface area contributed by atoms with Crippen molar-refractivity contribution < 1.29 is 9.53 Å². The molecule has 18 heavy (non-hydrogen) atoms. The van der Waals surface area contributed by atoms with Crippen LogP contribution in [0.15, 0.2) is 6.07 Å². The summed E-state index contributed by atoms with van der Waals surface area (Å²) in [7, 11) is 0. The Bertz CT molecular complexity index is 387. The molecular weight excluding hydrogens is 234 g/mol. The maximum absolute atomic E-state index is 11.6. The summed E-state index contributed by atoms with van der Waals surface area (Å²) >= 11 is 0. The van der Waals surface area contributed by atoms with Crippen LogP contribution >= 0.6 is 0 Å². The first-order chi connectivity index (χ1) is 8.75. The van der Waals surface area contributed by atoms with Gasteiger partial charge in [0.1, 0.15) is 11.5 Å². The van der Waals surface area contributed by atoms with Crippen molar-refractivity contribution in [3.05, 3.63) is 11.8 Å². The maximum Gasteiger partial charge on any atom is 0.269 e. The van der Waals surface area contributed by atoms with Crippen molar-refractivity contribution >= 4 is 11.7 Å². The fraction of sp³-hybridized carbons (Fsp3) is 0.636. The maximum atomic E-state index is 11.6. The SMILES string of the molecule is Nc1cc(C(=O)NCCCN2CCOCC2)[nH]n1. The van der Waals surface area contributed by atoms with Gasteiger partial charge in [-0.15, -0.1) is 0 Å². The van der Waals surface area contributed by atoms with Crippen LogP contribution in [-0.2, 0) is 4.74 Å². The summed E-state index contributed by atoms with van der Waals surface area (Å²) in [6.07, 6.45) is 0.926. The fourth-order valence-corrected chi connectivity index (χ4v) is 1.88. The number of ether oxygens (including phenoxy) is 1. The molecule has 0 saturated carbocycles. The number of amides is 1. The van der Waals surface area contributed by atoms with Crippen LogP contribution in [0.4, 0.5) is 5.82 Å². The smallest absolute Gasteiger partial charge is 0.269 e. The predicted octanol–water partition coefficient (Wildman–Crippen LogP) is -0.556. The molecule has 1 amide bonds. The lowest BCUT2D eigenvalue weighted by molar-refractivity contribution is 0.0374. The van der Waals surface area contributed by atoms with Crippen molar-refractivity contribution in [3.8, 4) is 0 Å². The van der Waals surface area contributed by atoms with Crippen molar-refractivity contribution in [2.24, 2.45) is 0 Å². The molecule has 0 bridgehead atoms. The van der Waals surface area contributed by atoms with Crippen LogP contribution in [-0.4, -0.2) is 60.4 Å². The van der Waals surface area contributed by atoms with Crippen molar-refractivity contribution in [2.45, 2.75) is 6.42 Å². The van der Waals surface area contributed by atoms with Gasteiger partial charge in [-0.25, -0.2) is 0 Å². The largest absolute Gasteiger partial charge is 0.382 e. The third kappa shape index (κ3) is 3.71. The van der Waals surface area contributed by atoms with Gasteiger partial charge in [0.15, 0.2) is 0 Å². The molecule has 0 atom stereocenters. The molecule has 1 aromatic heterocycles. The topological polar surface area (TPSA) is 96.3 Å². The van der Waals surface area contributed by atoms with E-state index in [1.165, 1.54) is 6.07 Å². The molecule has 7 heteroatoms. The first kappa shape index (κ1) is 12.8. The molecule has 1 saturated heterocycles. The summed E-state index contributed by atoms with van der Waals surface area (Å²) in [5.41, 5.74) is 5.83. The molecule has 0 aliphatic carbocycles. The zero-order chi connectivity index (χ0) is 12.8. The number of nitrogens with one attached hydrogen (secondary N) is 2. The minimum Gasteiger partial charge on any atom is -0.382 e. The molecule has 1 aliphatic heterocycles. The zero-order valence-electron chi connectivity index (χ0n) is 10.3. The monoisotopic (exact) mass is 253 g/mol. The van der Waals surface area contributed by atoms with Crippen LogP contribution in [0.3, 0.4) is 0 Å². The first-order valence-corrected chi connectivity index (χ1v) is 6.15. The second-order valence-corrected chi connectivity index (χ2v) is 4.27. The number of nitrogens with zero attached hydrogens (tertiary/aromatic N) is 2. The Morgan fingerprint density at radius 3 is 3.00 bits per heavy atom. The van der Waals surface area contributed by atoms with Crippen molar-refractivity contribution in [1.29, 1.82) is 0 Å². The Morgan fingerprint density at radius 1 is 1.56 bits per heavy atom. The van der Waals surface area contributed by atoms with Crippen LogP contribution in [0.5, 0.6) is 0 Å². The van der Waals surface area contributed by atoms with Gasteiger partial charge >= 0.3 is 0 Å². The highest BCUT2D eigenvalue weighted by Crippen LogP contribution is 2.00. The van der Waals surface area contributed by atoms with Gasteiger partial charge < -0.3 is 15.8 Å². The Hall–Kier alpha value is -1.60. The Kier molecular flexibility index (Phi) is 4.54. The number of carbonyl (C=O) groups excluding carboxylic acids is 1. The summed E-state index contributed by atoms with van der Waals surface area (Å²) < 4.78 is 5.27. The highest BCUT2D eigenvalue weighted by molar-refractivity contribution is 5.92. The van der Waals surface area contributed by atoms with Gasteiger partial charge in [0, 0.05) is 25.7 Å². The minimum atomic E-state index is -0.166. The lowest BCUT2D eigenvalue weighted by Crippen LogP contribution is -2.38. The first-order valence-electron chi connectivity index (χ1n) is 6.15. The molecule has 0 aromatic carbocycles.